The lowest BCUT2D eigenvalue weighted by atomic mass is 9.97. The van der Waals surface area contributed by atoms with Crippen molar-refractivity contribution in [3.05, 3.63) is 20.8 Å². The van der Waals surface area contributed by atoms with E-state index in [0.29, 0.717) is 0 Å². The summed E-state index contributed by atoms with van der Waals surface area (Å²) in [5.41, 5.74) is 7.69. The van der Waals surface area contributed by atoms with E-state index in [1.54, 1.807) is 11.3 Å². The van der Waals surface area contributed by atoms with Crippen molar-refractivity contribution in [3.8, 4) is 0 Å². The van der Waals surface area contributed by atoms with Crippen molar-refractivity contribution in [2.45, 2.75) is 31.8 Å². The quantitative estimate of drug-likeness (QED) is 0.906. The molecule has 1 fully saturated rings. The van der Waals surface area contributed by atoms with E-state index >= 15 is 0 Å². The largest absolute Gasteiger partial charge is 0.324 e. The lowest BCUT2D eigenvalue weighted by molar-refractivity contribution is 0.232. The zero-order valence-electron chi connectivity index (χ0n) is 9.87. The molecular formula is C12H19BrN2S. The van der Waals surface area contributed by atoms with Crippen molar-refractivity contribution < 1.29 is 0 Å². The van der Waals surface area contributed by atoms with Crippen molar-refractivity contribution in [1.29, 1.82) is 0 Å². The number of nitrogens with zero attached hydrogens (tertiary/aromatic N) is 1. The van der Waals surface area contributed by atoms with E-state index in [2.05, 4.69) is 46.2 Å². The zero-order chi connectivity index (χ0) is 11.8. The average Bonchev–Trinajstić information content (AvgIpc) is 2.92. The smallest absolute Gasteiger partial charge is 0.0701 e. The Balaban J connectivity index is 1.86. The first-order chi connectivity index (χ1) is 7.47. The van der Waals surface area contributed by atoms with Crippen molar-refractivity contribution in [3.63, 3.8) is 0 Å². The van der Waals surface area contributed by atoms with Crippen LogP contribution in [0.3, 0.4) is 0 Å². The lowest BCUT2D eigenvalue weighted by Crippen LogP contribution is -2.48. The molecule has 0 bridgehead atoms. The number of halogens is 1. The highest BCUT2D eigenvalue weighted by atomic mass is 79.9. The van der Waals surface area contributed by atoms with Crippen LogP contribution in [-0.4, -0.2) is 24.0 Å². The maximum Gasteiger partial charge on any atom is 0.0701 e. The van der Waals surface area contributed by atoms with Gasteiger partial charge in [-0.2, -0.15) is 0 Å². The Morgan fingerprint density at radius 2 is 2.31 bits per heavy atom. The average molecular weight is 303 g/mol. The van der Waals surface area contributed by atoms with Crippen LogP contribution in [0.5, 0.6) is 0 Å². The summed E-state index contributed by atoms with van der Waals surface area (Å²) in [7, 11) is 2.15. The Kier molecular flexibility index (Phi) is 3.74. The molecule has 2 nitrogen and oxygen atoms in total. The van der Waals surface area contributed by atoms with E-state index in [0.717, 1.165) is 19.0 Å². The second-order valence-corrected chi connectivity index (χ2v) is 7.50. The van der Waals surface area contributed by atoms with Gasteiger partial charge in [-0.05, 0) is 65.7 Å². The monoisotopic (exact) mass is 302 g/mol. The Morgan fingerprint density at radius 3 is 2.81 bits per heavy atom. The summed E-state index contributed by atoms with van der Waals surface area (Å²) in [5, 5.41) is 2.20. The molecule has 0 spiro atoms. The third-order valence-corrected chi connectivity index (χ3v) is 4.75. The molecule has 1 aliphatic carbocycles. The Hall–Kier alpha value is 0.1000. The number of hydrogen-bond acceptors (Lipinski definition) is 3. The molecule has 2 rings (SSSR count). The highest BCUT2D eigenvalue weighted by molar-refractivity contribution is 9.11. The maximum absolute atomic E-state index is 6.33. The molecule has 1 unspecified atom stereocenters. The normalized spacial score (nSPS) is 20.1. The molecule has 2 N–H and O–H groups in total. The highest BCUT2D eigenvalue weighted by Crippen LogP contribution is 2.38. The van der Waals surface area contributed by atoms with E-state index in [9.17, 15) is 0 Å². The first-order valence-electron chi connectivity index (χ1n) is 5.68. The van der Waals surface area contributed by atoms with Crippen LogP contribution in [0.2, 0.25) is 0 Å². The maximum atomic E-state index is 6.33. The van der Waals surface area contributed by atoms with E-state index < -0.39 is 0 Å². The second kappa shape index (κ2) is 4.77. The van der Waals surface area contributed by atoms with Gasteiger partial charge in [-0.15, -0.1) is 11.3 Å². The van der Waals surface area contributed by atoms with Crippen LogP contribution in [0.15, 0.2) is 15.2 Å². The standard InChI is InChI=1S/C12H19BrN2S/c1-12(14,10-3-4-10)8-15(2)6-9-5-11(13)16-7-9/h5,7,10H,3-4,6,8,14H2,1-2H3. The van der Waals surface area contributed by atoms with Gasteiger partial charge in [0.15, 0.2) is 0 Å². The number of rotatable bonds is 5. The lowest BCUT2D eigenvalue weighted by Gasteiger charge is -2.30. The summed E-state index contributed by atoms with van der Waals surface area (Å²) in [6.45, 7) is 4.15. The van der Waals surface area contributed by atoms with E-state index in [-0.39, 0.29) is 5.54 Å². The number of thiophene rings is 1. The Labute approximate surface area is 110 Å². The van der Waals surface area contributed by atoms with Gasteiger partial charge < -0.3 is 10.6 Å². The van der Waals surface area contributed by atoms with E-state index in [1.165, 1.54) is 22.2 Å². The van der Waals surface area contributed by atoms with Crippen molar-refractivity contribution >= 4 is 27.3 Å². The molecule has 0 radical (unpaired) electrons. The summed E-state index contributed by atoms with van der Waals surface area (Å²) >= 11 is 5.23. The summed E-state index contributed by atoms with van der Waals surface area (Å²) in [4.78, 5) is 2.33. The van der Waals surface area contributed by atoms with Gasteiger partial charge in [0.1, 0.15) is 0 Å². The fraction of sp³-hybridized carbons (Fsp3) is 0.667. The minimum absolute atomic E-state index is 0.0119. The highest BCUT2D eigenvalue weighted by Gasteiger charge is 2.38. The minimum atomic E-state index is -0.0119. The molecule has 16 heavy (non-hydrogen) atoms. The molecular weight excluding hydrogens is 284 g/mol. The number of hydrogen-bond donors (Lipinski definition) is 1. The van der Waals surface area contributed by atoms with E-state index in [4.69, 9.17) is 5.73 Å². The van der Waals surface area contributed by atoms with Gasteiger partial charge in [-0.3, -0.25) is 0 Å². The number of likely N-dealkylation sites (N-methyl/N-ethyl adjacent to an activating group) is 1. The molecule has 0 saturated heterocycles. The van der Waals surface area contributed by atoms with Gasteiger partial charge in [-0.25, -0.2) is 0 Å². The third-order valence-electron chi connectivity index (χ3n) is 3.19. The van der Waals surface area contributed by atoms with Gasteiger partial charge in [0.25, 0.3) is 0 Å². The molecule has 0 aliphatic heterocycles. The topological polar surface area (TPSA) is 29.3 Å². The molecule has 1 saturated carbocycles. The van der Waals surface area contributed by atoms with Crippen LogP contribution in [0.4, 0.5) is 0 Å². The van der Waals surface area contributed by atoms with Gasteiger partial charge in [-0.1, -0.05) is 0 Å². The zero-order valence-corrected chi connectivity index (χ0v) is 12.3. The van der Waals surface area contributed by atoms with Gasteiger partial charge in [0.05, 0.1) is 3.79 Å². The van der Waals surface area contributed by atoms with Gasteiger partial charge in [0.2, 0.25) is 0 Å². The van der Waals surface area contributed by atoms with Gasteiger partial charge >= 0.3 is 0 Å². The summed E-state index contributed by atoms with van der Waals surface area (Å²) in [5.74, 6) is 0.740. The SMILES string of the molecule is CN(Cc1csc(Br)c1)CC(C)(N)C1CC1. The van der Waals surface area contributed by atoms with Crippen LogP contribution in [-0.2, 0) is 6.54 Å². The molecule has 4 heteroatoms. The molecule has 1 heterocycles. The van der Waals surface area contributed by atoms with Crippen LogP contribution in [0, 0.1) is 5.92 Å². The summed E-state index contributed by atoms with van der Waals surface area (Å²) in [6.07, 6.45) is 2.62. The molecule has 1 aromatic rings. The molecule has 1 atom stereocenters. The summed E-state index contributed by atoms with van der Waals surface area (Å²) < 4.78 is 1.20. The van der Waals surface area contributed by atoms with Crippen molar-refractivity contribution in [2.24, 2.45) is 11.7 Å². The van der Waals surface area contributed by atoms with Crippen LogP contribution < -0.4 is 5.73 Å². The predicted molar refractivity (Wildman–Crippen MR) is 73.7 cm³/mol. The fourth-order valence-corrected chi connectivity index (χ4v) is 3.45. The Morgan fingerprint density at radius 1 is 1.62 bits per heavy atom. The van der Waals surface area contributed by atoms with Crippen LogP contribution >= 0.6 is 27.3 Å². The van der Waals surface area contributed by atoms with E-state index in [1.807, 2.05) is 0 Å². The van der Waals surface area contributed by atoms with Crippen LogP contribution in [0.25, 0.3) is 0 Å². The third kappa shape index (κ3) is 3.29. The minimum Gasteiger partial charge on any atom is -0.324 e. The van der Waals surface area contributed by atoms with Crippen LogP contribution in [0.1, 0.15) is 25.3 Å². The first-order valence-corrected chi connectivity index (χ1v) is 7.35. The fourth-order valence-electron chi connectivity index (χ4n) is 2.25. The molecule has 0 aromatic carbocycles. The van der Waals surface area contributed by atoms with Crippen molar-refractivity contribution in [2.75, 3.05) is 13.6 Å². The molecule has 1 aliphatic rings. The second-order valence-electron chi connectivity index (χ2n) is 5.21. The number of nitrogens with two attached hydrogens (primary N) is 1. The van der Waals surface area contributed by atoms with Gasteiger partial charge in [0, 0.05) is 18.6 Å². The summed E-state index contributed by atoms with van der Waals surface area (Å²) in [6, 6.07) is 2.19. The molecule has 90 valence electrons. The first kappa shape index (κ1) is 12.6. The Bertz CT molecular complexity index is 358. The molecule has 1 aromatic heterocycles. The molecule has 0 amide bonds. The predicted octanol–water partition coefficient (Wildman–Crippen LogP) is 3.07. The van der Waals surface area contributed by atoms with Crippen molar-refractivity contribution in [1.82, 2.24) is 4.90 Å².